The Labute approximate surface area is 111 Å². The zero-order valence-electron chi connectivity index (χ0n) is 10.5. The van der Waals surface area contributed by atoms with Crippen molar-refractivity contribution < 1.29 is 4.39 Å². The molecule has 2 aromatic heterocycles. The van der Waals surface area contributed by atoms with E-state index in [1.807, 2.05) is 25.3 Å². The van der Waals surface area contributed by atoms with Crippen molar-refractivity contribution in [3.63, 3.8) is 0 Å². The topological polar surface area (TPSA) is 17.8 Å². The molecular weight excluding hydrogens is 239 g/mol. The van der Waals surface area contributed by atoms with Crippen LogP contribution in [0.5, 0.6) is 0 Å². The minimum atomic E-state index is -0.224. The lowest BCUT2D eigenvalue weighted by molar-refractivity contribution is 0.627. The highest BCUT2D eigenvalue weighted by atomic mass is 19.1. The van der Waals surface area contributed by atoms with Crippen molar-refractivity contribution in [3.8, 4) is 16.9 Å². The second-order valence-electron chi connectivity index (χ2n) is 4.49. The Balaban J connectivity index is 2.15. The van der Waals surface area contributed by atoms with Gasteiger partial charge in [-0.2, -0.15) is 0 Å². The molecule has 0 saturated heterocycles. The number of halogens is 1. The summed E-state index contributed by atoms with van der Waals surface area (Å²) in [7, 11) is 0. The Hall–Kier alpha value is -2.42. The molecule has 19 heavy (non-hydrogen) atoms. The smallest absolute Gasteiger partial charge is 0.123 e. The second-order valence-corrected chi connectivity index (χ2v) is 4.49. The Morgan fingerprint density at radius 2 is 1.68 bits per heavy atom. The molecule has 0 aliphatic carbocycles. The standard InChI is InChI=1S/C16H13FN2/c1-12-10-16(13-6-8-18-9-7-13)19(11-12)15-4-2-14(17)3-5-15/h2-11H,1H3. The Bertz CT molecular complexity index is 685. The fourth-order valence-electron chi connectivity index (χ4n) is 2.16. The van der Waals surface area contributed by atoms with Gasteiger partial charge in [-0.3, -0.25) is 4.98 Å². The van der Waals surface area contributed by atoms with Crippen LogP contribution in [0.15, 0.2) is 61.1 Å². The molecule has 0 unspecified atom stereocenters. The first-order chi connectivity index (χ1) is 9.24. The molecule has 2 heterocycles. The fourth-order valence-corrected chi connectivity index (χ4v) is 2.16. The van der Waals surface area contributed by atoms with Crippen LogP contribution in [0, 0.1) is 12.7 Å². The van der Waals surface area contributed by atoms with E-state index in [9.17, 15) is 4.39 Å². The highest BCUT2D eigenvalue weighted by Gasteiger charge is 2.07. The highest BCUT2D eigenvalue weighted by Crippen LogP contribution is 2.25. The van der Waals surface area contributed by atoms with E-state index in [4.69, 9.17) is 0 Å². The van der Waals surface area contributed by atoms with Crippen molar-refractivity contribution in [1.29, 1.82) is 0 Å². The van der Waals surface area contributed by atoms with Crippen LogP contribution in [0.2, 0.25) is 0 Å². The van der Waals surface area contributed by atoms with E-state index in [-0.39, 0.29) is 5.82 Å². The summed E-state index contributed by atoms with van der Waals surface area (Å²) in [5, 5.41) is 0. The molecule has 0 N–H and O–H groups in total. The maximum Gasteiger partial charge on any atom is 0.123 e. The lowest BCUT2D eigenvalue weighted by atomic mass is 10.2. The Morgan fingerprint density at radius 1 is 1.00 bits per heavy atom. The van der Waals surface area contributed by atoms with Crippen LogP contribution < -0.4 is 0 Å². The molecule has 0 aliphatic heterocycles. The lowest BCUT2D eigenvalue weighted by Gasteiger charge is -2.09. The van der Waals surface area contributed by atoms with E-state index in [2.05, 4.69) is 15.6 Å². The first-order valence-corrected chi connectivity index (χ1v) is 6.09. The molecule has 0 saturated carbocycles. The summed E-state index contributed by atoms with van der Waals surface area (Å²) in [6.45, 7) is 2.05. The predicted molar refractivity (Wildman–Crippen MR) is 73.7 cm³/mol. The third-order valence-corrected chi connectivity index (χ3v) is 3.04. The number of benzene rings is 1. The van der Waals surface area contributed by atoms with E-state index < -0.39 is 0 Å². The predicted octanol–water partition coefficient (Wildman–Crippen LogP) is 3.99. The van der Waals surface area contributed by atoms with Crippen LogP contribution in [0.1, 0.15) is 5.56 Å². The molecule has 3 heteroatoms. The number of pyridine rings is 1. The molecule has 0 spiro atoms. The Kier molecular flexibility index (Phi) is 2.88. The van der Waals surface area contributed by atoms with E-state index in [1.165, 1.54) is 12.1 Å². The first-order valence-electron chi connectivity index (χ1n) is 6.09. The average molecular weight is 252 g/mol. The zero-order chi connectivity index (χ0) is 13.2. The molecule has 0 atom stereocenters. The highest BCUT2D eigenvalue weighted by molar-refractivity contribution is 5.63. The molecule has 2 nitrogen and oxygen atoms in total. The monoisotopic (exact) mass is 252 g/mol. The Morgan fingerprint density at radius 3 is 2.37 bits per heavy atom. The van der Waals surface area contributed by atoms with Gasteiger partial charge in [0.25, 0.3) is 0 Å². The van der Waals surface area contributed by atoms with Crippen LogP contribution in [-0.2, 0) is 0 Å². The maximum absolute atomic E-state index is 13.0. The van der Waals surface area contributed by atoms with E-state index >= 15 is 0 Å². The summed E-state index contributed by atoms with van der Waals surface area (Å²) in [5.74, 6) is -0.224. The van der Waals surface area contributed by atoms with Gasteiger partial charge in [-0.05, 0) is 55.0 Å². The number of aryl methyl sites for hydroxylation is 1. The average Bonchev–Trinajstić information content (AvgIpc) is 2.83. The van der Waals surface area contributed by atoms with Gasteiger partial charge in [-0.25, -0.2) is 4.39 Å². The van der Waals surface area contributed by atoms with Gasteiger partial charge in [0, 0.05) is 29.8 Å². The van der Waals surface area contributed by atoms with Gasteiger partial charge in [0.15, 0.2) is 0 Å². The van der Waals surface area contributed by atoms with Crippen LogP contribution in [-0.4, -0.2) is 9.55 Å². The molecule has 3 aromatic rings. The number of hydrogen-bond acceptors (Lipinski definition) is 1. The maximum atomic E-state index is 13.0. The van der Waals surface area contributed by atoms with Crippen molar-refractivity contribution in [1.82, 2.24) is 9.55 Å². The SMILES string of the molecule is Cc1cc(-c2ccncc2)n(-c2ccc(F)cc2)c1. The van der Waals surface area contributed by atoms with Gasteiger partial charge >= 0.3 is 0 Å². The van der Waals surface area contributed by atoms with Crippen molar-refractivity contribution in [2.75, 3.05) is 0 Å². The van der Waals surface area contributed by atoms with Crippen LogP contribution in [0.3, 0.4) is 0 Å². The molecule has 0 radical (unpaired) electrons. The third kappa shape index (κ3) is 2.27. The largest absolute Gasteiger partial charge is 0.316 e. The number of rotatable bonds is 2. The molecule has 0 amide bonds. The molecule has 0 aliphatic rings. The van der Waals surface area contributed by atoms with Gasteiger partial charge < -0.3 is 4.57 Å². The van der Waals surface area contributed by atoms with Crippen LogP contribution >= 0.6 is 0 Å². The fraction of sp³-hybridized carbons (Fsp3) is 0.0625. The zero-order valence-corrected chi connectivity index (χ0v) is 10.5. The van der Waals surface area contributed by atoms with Crippen molar-refractivity contribution >= 4 is 0 Å². The van der Waals surface area contributed by atoms with Crippen LogP contribution in [0.4, 0.5) is 4.39 Å². The molecule has 0 bridgehead atoms. The van der Waals surface area contributed by atoms with E-state index in [1.54, 1.807) is 24.5 Å². The number of hydrogen-bond donors (Lipinski definition) is 0. The summed E-state index contributed by atoms with van der Waals surface area (Å²) in [4.78, 5) is 4.03. The lowest BCUT2D eigenvalue weighted by Crippen LogP contribution is -1.95. The molecule has 94 valence electrons. The second kappa shape index (κ2) is 4.69. The van der Waals surface area contributed by atoms with Gasteiger partial charge in [0.05, 0.1) is 5.69 Å². The summed E-state index contributed by atoms with van der Waals surface area (Å²) in [6.07, 6.45) is 5.59. The summed E-state index contributed by atoms with van der Waals surface area (Å²) in [5.41, 5.74) is 4.27. The van der Waals surface area contributed by atoms with E-state index in [0.29, 0.717) is 0 Å². The summed E-state index contributed by atoms with van der Waals surface area (Å²) < 4.78 is 15.1. The van der Waals surface area contributed by atoms with Gasteiger partial charge in [-0.15, -0.1) is 0 Å². The minimum Gasteiger partial charge on any atom is -0.316 e. The van der Waals surface area contributed by atoms with Crippen LogP contribution in [0.25, 0.3) is 16.9 Å². The van der Waals surface area contributed by atoms with Crippen molar-refractivity contribution in [3.05, 3.63) is 72.4 Å². The van der Waals surface area contributed by atoms with Gasteiger partial charge in [0.1, 0.15) is 5.82 Å². The molecule has 3 rings (SSSR count). The summed E-state index contributed by atoms with van der Waals surface area (Å²) in [6, 6.07) is 12.5. The quantitative estimate of drug-likeness (QED) is 0.674. The van der Waals surface area contributed by atoms with E-state index in [0.717, 1.165) is 22.5 Å². The molecular formula is C16H13FN2. The molecule has 1 aromatic carbocycles. The van der Waals surface area contributed by atoms with Gasteiger partial charge in [-0.1, -0.05) is 0 Å². The third-order valence-electron chi connectivity index (χ3n) is 3.04. The number of nitrogens with zero attached hydrogens (tertiary/aromatic N) is 2. The molecule has 0 fully saturated rings. The first kappa shape index (κ1) is 11.7. The number of aromatic nitrogens is 2. The van der Waals surface area contributed by atoms with Crippen molar-refractivity contribution in [2.24, 2.45) is 0 Å². The minimum absolute atomic E-state index is 0.224. The van der Waals surface area contributed by atoms with Crippen molar-refractivity contribution in [2.45, 2.75) is 6.92 Å². The normalized spacial score (nSPS) is 10.6. The summed E-state index contributed by atoms with van der Waals surface area (Å²) >= 11 is 0. The van der Waals surface area contributed by atoms with Gasteiger partial charge in [0.2, 0.25) is 0 Å².